The fourth-order valence-corrected chi connectivity index (χ4v) is 4.89. The highest BCUT2D eigenvalue weighted by Gasteiger charge is 2.42. The Bertz CT molecular complexity index is 1120. The van der Waals surface area contributed by atoms with Crippen LogP contribution in [0.5, 0.6) is 0 Å². The van der Waals surface area contributed by atoms with Crippen LogP contribution in [0.2, 0.25) is 0 Å². The molecule has 2 aromatic carbocycles. The summed E-state index contributed by atoms with van der Waals surface area (Å²) in [6.45, 7) is 2.21. The van der Waals surface area contributed by atoms with Crippen molar-refractivity contribution in [3.8, 4) is 0 Å². The Hall–Kier alpha value is -3.42. The van der Waals surface area contributed by atoms with Gasteiger partial charge in [0.25, 0.3) is 0 Å². The Kier molecular flexibility index (Phi) is 5.52. The monoisotopic (exact) mass is 455 g/mol. The molecule has 2 aliphatic rings. The molecule has 0 radical (unpaired) electrons. The van der Waals surface area contributed by atoms with Crippen LogP contribution in [0.25, 0.3) is 0 Å². The third-order valence-electron chi connectivity index (χ3n) is 6.51. The van der Waals surface area contributed by atoms with Crippen molar-refractivity contribution >= 4 is 17.3 Å². The van der Waals surface area contributed by atoms with Crippen LogP contribution in [0.15, 0.2) is 71.3 Å². The number of benzene rings is 2. The van der Waals surface area contributed by atoms with E-state index in [9.17, 15) is 18.0 Å². The lowest BCUT2D eigenvalue weighted by Crippen LogP contribution is -2.61. The molecular weight excluding hydrogens is 431 g/mol. The average Bonchev–Trinajstić information content (AvgIpc) is 3.35. The molecule has 0 aliphatic carbocycles. The summed E-state index contributed by atoms with van der Waals surface area (Å²) in [4.78, 5) is 17.6. The maximum absolute atomic E-state index is 13.4. The number of halogens is 3. The molecule has 0 spiro atoms. The molecule has 0 unspecified atom stereocenters. The zero-order chi connectivity index (χ0) is 23.0. The van der Waals surface area contributed by atoms with Gasteiger partial charge in [-0.1, -0.05) is 18.2 Å². The van der Waals surface area contributed by atoms with E-state index in [1.165, 1.54) is 12.3 Å². The first-order valence-corrected chi connectivity index (χ1v) is 11.0. The maximum Gasteiger partial charge on any atom is 0.416 e. The molecule has 1 N–H and O–H groups in total. The number of fused-ring (bicyclic) bond motifs is 3. The highest BCUT2D eigenvalue weighted by atomic mass is 19.4. The number of carbonyl (C=O) groups excluding carboxylic acids is 1. The van der Waals surface area contributed by atoms with Crippen LogP contribution < -0.4 is 15.1 Å². The minimum absolute atomic E-state index is 0.153. The van der Waals surface area contributed by atoms with E-state index in [0.29, 0.717) is 24.4 Å². The standard InChI is InChI=1S/C25H24F3N3O2/c26-25(27,28)18-8-9-22-17(13-18)14-21(24(32)29-15-20-7-4-12-33-20)23-16-30(10-11-31(22)23)19-5-2-1-3-6-19/h1-9,12-13,21,23H,10-11,14-16H2,(H,29,32)/t21-,23+/m0/s1. The lowest BCUT2D eigenvalue weighted by Gasteiger charge is -2.49. The summed E-state index contributed by atoms with van der Waals surface area (Å²) in [5, 5.41) is 2.92. The second kappa shape index (κ2) is 8.50. The molecule has 172 valence electrons. The number of para-hydroxylation sites is 1. The van der Waals surface area contributed by atoms with Crippen LogP contribution in [0, 0.1) is 5.92 Å². The topological polar surface area (TPSA) is 48.7 Å². The summed E-state index contributed by atoms with van der Waals surface area (Å²) < 4.78 is 45.4. The number of rotatable bonds is 4. The number of furan rings is 1. The smallest absolute Gasteiger partial charge is 0.416 e. The van der Waals surface area contributed by atoms with Crippen molar-refractivity contribution in [2.45, 2.75) is 25.2 Å². The van der Waals surface area contributed by atoms with Gasteiger partial charge >= 0.3 is 6.18 Å². The number of hydrogen-bond acceptors (Lipinski definition) is 4. The predicted octanol–water partition coefficient (Wildman–Crippen LogP) is 4.48. The Morgan fingerprint density at radius 3 is 2.61 bits per heavy atom. The van der Waals surface area contributed by atoms with Gasteiger partial charge in [-0.15, -0.1) is 0 Å². The van der Waals surface area contributed by atoms with Gasteiger partial charge < -0.3 is 19.5 Å². The Morgan fingerprint density at radius 1 is 1.06 bits per heavy atom. The number of piperazine rings is 1. The summed E-state index contributed by atoms with van der Waals surface area (Å²) >= 11 is 0. The minimum atomic E-state index is -4.42. The molecule has 5 rings (SSSR count). The largest absolute Gasteiger partial charge is 0.467 e. The summed E-state index contributed by atoms with van der Waals surface area (Å²) in [5.41, 5.74) is 1.74. The number of nitrogens with zero attached hydrogens (tertiary/aromatic N) is 2. The van der Waals surface area contributed by atoms with E-state index in [0.717, 1.165) is 24.0 Å². The SMILES string of the molecule is O=C(NCc1ccco1)[C@H]1Cc2cc(C(F)(F)F)ccc2N2CCN(c3ccccc3)C[C@H]12. The Morgan fingerprint density at radius 2 is 1.88 bits per heavy atom. The summed E-state index contributed by atoms with van der Waals surface area (Å²) in [5.74, 6) is -0.0350. The van der Waals surface area contributed by atoms with Gasteiger partial charge in [-0.3, -0.25) is 4.79 Å². The van der Waals surface area contributed by atoms with Gasteiger partial charge in [0.1, 0.15) is 5.76 Å². The molecule has 2 aliphatic heterocycles. The lowest BCUT2D eigenvalue weighted by atomic mass is 9.82. The van der Waals surface area contributed by atoms with Gasteiger partial charge in [-0.25, -0.2) is 0 Å². The minimum Gasteiger partial charge on any atom is -0.467 e. The summed E-state index contributed by atoms with van der Waals surface area (Å²) in [6.07, 6.45) is -2.63. The van der Waals surface area contributed by atoms with Crippen molar-refractivity contribution in [2.75, 3.05) is 29.4 Å². The van der Waals surface area contributed by atoms with Crippen molar-refractivity contribution in [1.82, 2.24) is 5.32 Å². The van der Waals surface area contributed by atoms with E-state index < -0.39 is 17.7 Å². The van der Waals surface area contributed by atoms with Crippen LogP contribution in [0.1, 0.15) is 16.9 Å². The second-order valence-electron chi connectivity index (χ2n) is 8.49. The summed E-state index contributed by atoms with van der Waals surface area (Å²) in [7, 11) is 0. The first-order valence-electron chi connectivity index (χ1n) is 11.0. The third-order valence-corrected chi connectivity index (χ3v) is 6.51. The van der Waals surface area contributed by atoms with Crippen molar-refractivity contribution < 1.29 is 22.4 Å². The van der Waals surface area contributed by atoms with E-state index >= 15 is 0 Å². The van der Waals surface area contributed by atoms with Gasteiger partial charge in [0.15, 0.2) is 0 Å². The van der Waals surface area contributed by atoms with Crippen LogP contribution in [0.3, 0.4) is 0 Å². The van der Waals surface area contributed by atoms with E-state index in [1.54, 1.807) is 18.2 Å². The van der Waals surface area contributed by atoms with Crippen LogP contribution in [-0.2, 0) is 23.9 Å². The highest BCUT2D eigenvalue weighted by molar-refractivity contribution is 5.82. The van der Waals surface area contributed by atoms with Gasteiger partial charge in [-0.05, 0) is 54.4 Å². The third kappa shape index (κ3) is 4.29. The number of amides is 1. The first-order chi connectivity index (χ1) is 15.9. The van der Waals surface area contributed by atoms with Crippen LogP contribution >= 0.6 is 0 Å². The quantitative estimate of drug-likeness (QED) is 0.630. The second-order valence-corrected chi connectivity index (χ2v) is 8.49. The van der Waals surface area contributed by atoms with Crippen molar-refractivity contribution in [1.29, 1.82) is 0 Å². The van der Waals surface area contributed by atoms with Crippen molar-refractivity contribution in [2.24, 2.45) is 5.92 Å². The average molecular weight is 455 g/mol. The normalized spacial score (nSPS) is 20.2. The lowest BCUT2D eigenvalue weighted by molar-refractivity contribution is -0.137. The molecule has 1 aromatic heterocycles. The molecular formula is C25H24F3N3O2. The predicted molar refractivity (Wildman–Crippen MR) is 119 cm³/mol. The zero-order valence-electron chi connectivity index (χ0n) is 17.9. The van der Waals surface area contributed by atoms with E-state index in [4.69, 9.17) is 4.42 Å². The molecule has 1 fully saturated rings. The molecule has 0 saturated carbocycles. The Labute approximate surface area is 189 Å². The first kappa shape index (κ1) is 21.4. The molecule has 3 aromatic rings. The zero-order valence-corrected chi connectivity index (χ0v) is 17.9. The molecule has 8 heteroatoms. The maximum atomic E-state index is 13.4. The van der Waals surface area contributed by atoms with Gasteiger partial charge in [0.05, 0.1) is 30.3 Å². The molecule has 2 atom stereocenters. The number of alkyl halides is 3. The highest BCUT2D eigenvalue weighted by Crippen LogP contribution is 2.40. The molecule has 1 amide bonds. The number of carbonyl (C=O) groups is 1. The molecule has 5 nitrogen and oxygen atoms in total. The fourth-order valence-electron chi connectivity index (χ4n) is 4.89. The number of anilines is 2. The van der Waals surface area contributed by atoms with Gasteiger partial charge in [-0.2, -0.15) is 13.2 Å². The fraction of sp³-hybridized carbons (Fsp3) is 0.320. The van der Waals surface area contributed by atoms with Gasteiger partial charge in [0, 0.05) is 31.0 Å². The van der Waals surface area contributed by atoms with Crippen molar-refractivity contribution in [3.05, 3.63) is 83.8 Å². The Balaban J connectivity index is 1.45. The van der Waals surface area contributed by atoms with Crippen molar-refractivity contribution in [3.63, 3.8) is 0 Å². The van der Waals surface area contributed by atoms with E-state index in [1.807, 2.05) is 30.3 Å². The molecule has 1 saturated heterocycles. The van der Waals surface area contributed by atoms with E-state index in [2.05, 4.69) is 15.1 Å². The summed E-state index contributed by atoms with van der Waals surface area (Å²) in [6, 6.07) is 17.2. The molecule has 33 heavy (non-hydrogen) atoms. The van der Waals surface area contributed by atoms with Gasteiger partial charge in [0.2, 0.25) is 5.91 Å². The van der Waals surface area contributed by atoms with E-state index in [-0.39, 0.29) is 24.9 Å². The number of hydrogen-bond donors (Lipinski definition) is 1. The molecule has 0 bridgehead atoms. The van der Waals surface area contributed by atoms with Crippen LogP contribution in [-0.4, -0.2) is 31.6 Å². The number of nitrogens with one attached hydrogen (secondary N) is 1. The molecule has 3 heterocycles. The van der Waals surface area contributed by atoms with Crippen LogP contribution in [0.4, 0.5) is 24.5 Å².